The first kappa shape index (κ1) is 16.4. The summed E-state index contributed by atoms with van der Waals surface area (Å²) in [6.07, 6.45) is 0.511. The van der Waals surface area contributed by atoms with Crippen LogP contribution < -0.4 is 5.32 Å². The normalized spacial score (nSPS) is 22.4. The number of likely N-dealkylation sites (N-methyl/N-ethyl adjacent to an activating group) is 1. The third-order valence-electron chi connectivity index (χ3n) is 3.61. The molecule has 0 aromatic heterocycles. The van der Waals surface area contributed by atoms with Crippen molar-refractivity contribution < 1.29 is 17.9 Å². The van der Waals surface area contributed by atoms with Crippen LogP contribution in [0.4, 0.5) is 0 Å². The van der Waals surface area contributed by atoms with Crippen molar-refractivity contribution in [3.63, 3.8) is 0 Å². The molecule has 1 atom stereocenters. The van der Waals surface area contributed by atoms with E-state index in [9.17, 15) is 13.2 Å². The maximum Gasteiger partial charge on any atom is 0.242 e. The minimum atomic E-state index is -3.01. The van der Waals surface area contributed by atoms with Gasteiger partial charge in [-0.15, -0.1) is 0 Å². The lowest BCUT2D eigenvalue weighted by Crippen LogP contribution is -2.56. The Morgan fingerprint density at radius 3 is 2.53 bits per heavy atom. The highest BCUT2D eigenvalue weighted by Gasteiger charge is 2.39. The molecule has 1 aliphatic rings. The third-order valence-corrected chi connectivity index (χ3v) is 5.36. The topological polar surface area (TPSA) is 75.7 Å². The number of hydrogen-bond donors (Lipinski definition) is 1. The van der Waals surface area contributed by atoms with Crippen LogP contribution in [0, 0.1) is 0 Å². The highest BCUT2D eigenvalue weighted by Crippen LogP contribution is 2.20. The first-order valence-electron chi connectivity index (χ1n) is 6.43. The molecule has 0 bridgehead atoms. The number of carbonyl (C=O) groups is 1. The predicted octanol–water partition coefficient (Wildman–Crippen LogP) is -0.353. The molecule has 0 radical (unpaired) electrons. The predicted molar refractivity (Wildman–Crippen MR) is 73.8 cm³/mol. The Morgan fingerprint density at radius 2 is 2.11 bits per heavy atom. The van der Waals surface area contributed by atoms with Gasteiger partial charge in [-0.2, -0.15) is 0 Å². The van der Waals surface area contributed by atoms with Crippen LogP contribution in [-0.4, -0.2) is 69.6 Å². The van der Waals surface area contributed by atoms with Crippen molar-refractivity contribution in [3.05, 3.63) is 0 Å². The average Bonchev–Trinajstić information content (AvgIpc) is 2.70. The average molecular weight is 292 g/mol. The zero-order valence-electron chi connectivity index (χ0n) is 12.1. The number of nitrogens with zero attached hydrogens (tertiary/aromatic N) is 1. The van der Waals surface area contributed by atoms with Gasteiger partial charge in [-0.25, -0.2) is 8.42 Å². The second-order valence-corrected chi connectivity index (χ2v) is 7.65. The summed E-state index contributed by atoms with van der Waals surface area (Å²) < 4.78 is 28.2. The van der Waals surface area contributed by atoms with Crippen LogP contribution in [0.1, 0.15) is 20.3 Å². The second-order valence-electron chi connectivity index (χ2n) is 5.42. The summed E-state index contributed by atoms with van der Waals surface area (Å²) in [6, 6.07) is -0.236. The van der Waals surface area contributed by atoms with Gasteiger partial charge in [0, 0.05) is 19.7 Å². The Labute approximate surface area is 115 Å². The Hall–Kier alpha value is -0.660. The summed E-state index contributed by atoms with van der Waals surface area (Å²) in [5.74, 6) is 0.130. The molecule has 1 aliphatic heterocycles. The van der Waals surface area contributed by atoms with E-state index in [0.717, 1.165) is 0 Å². The maximum absolute atomic E-state index is 12.5. The zero-order chi connectivity index (χ0) is 14.7. The van der Waals surface area contributed by atoms with Gasteiger partial charge in [0.15, 0.2) is 9.84 Å². The molecular formula is C12H24N2O4S. The van der Waals surface area contributed by atoms with Crippen molar-refractivity contribution in [2.45, 2.75) is 31.8 Å². The van der Waals surface area contributed by atoms with Gasteiger partial charge in [-0.3, -0.25) is 4.79 Å². The van der Waals surface area contributed by atoms with Crippen molar-refractivity contribution in [1.82, 2.24) is 10.2 Å². The molecule has 0 saturated carbocycles. The number of amides is 1. The molecule has 1 saturated heterocycles. The van der Waals surface area contributed by atoms with Gasteiger partial charge in [0.05, 0.1) is 23.7 Å². The van der Waals surface area contributed by atoms with Gasteiger partial charge in [0.2, 0.25) is 5.91 Å². The molecule has 1 rings (SSSR count). The van der Waals surface area contributed by atoms with Gasteiger partial charge in [-0.05, 0) is 27.3 Å². The molecule has 1 fully saturated rings. The largest absolute Gasteiger partial charge is 0.383 e. The van der Waals surface area contributed by atoms with Gasteiger partial charge in [0.25, 0.3) is 0 Å². The summed E-state index contributed by atoms with van der Waals surface area (Å²) in [6.45, 7) is 4.40. The summed E-state index contributed by atoms with van der Waals surface area (Å²) in [7, 11) is 0.280. The lowest BCUT2D eigenvalue weighted by Gasteiger charge is -2.35. The van der Waals surface area contributed by atoms with Crippen molar-refractivity contribution in [2.24, 2.45) is 0 Å². The van der Waals surface area contributed by atoms with Crippen LogP contribution >= 0.6 is 0 Å². The fourth-order valence-corrected chi connectivity index (χ4v) is 3.86. The molecule has 0 aromatic rings. The highest BCUT2D eigenvalue weighted by molar-refractivity contribution is 7.91. The van der Waals surface area contributed by atoms with Gasteiger partial charge < -0.3 is 15.0 Å². The first-order valence-corrected chi connectivity index (χ1v) is 8.25. The summed E-state index contributed by atoms with van der Waals surface area (Å²) in [5, 5.41) is 2.96. The second kappa shape index (κ2) is 6.19. The van der Waals surface area contributed by atoms with E-state index in [4.69, 9.17) is 4.74 Å². The van der Waals surface area contributed by atoms with Crippen LogP contribution in [-0.2, 0) is 19.4 Å². The number of carbonyl (C=O) groups excluding carboxylic acids is 1. The summed E-state index contributed by atoms with van der Waals surface area (Å²) >= 11 is 0. The number of nitrogens with one attached hydrogen (secondary N) is 1. The van der Waals surface area contributed by atoms with Gasteiger partial charge >= 0.3 is 0 Å². The quantitative estimate of drug-likeness (QED) is 0.724. The molecule has 0 aromatic carbocycles. The van der Waals surface area contributed by atoms with E-state index < -0.39 is 15.4 Å². The number of ether oxygens (including phenoxy) is 1. The van der Waals surface area contributed by atoms with Crippen LogP contribution in [0.25, 0.3) is 0 Å². The van der Waals surface area contributed by atoms with E-state index in [0.29, 0.717) is 19.6 Å². The highest BCUT2D eigenvalue weighted by atomic mass is 32.2. The van der Waals surface area contributed by atoms with Crippen molar-refractivity contribution in [2.75, 3.05) is 38.8 Å². The SMILES string of the molecule is CNC(C)(C)C(=O)N(CCOC)C1CCS(=O)(=O)C1. The molecule has 19 heavy (non-hydrogen) atoms. The molecule has 6 nitrogen and oxygen atoms in total. The van der Waals surface area contributed by atoms with Crippen molar-refractivity contribution >= 4 is 15.7 Å². The molecule has 1 heterocycles. The van der Waals surface area contributed by atoms with E-state index in [1.807, 2.05) is 0 Å². The van der Waals surface area contributed by atoms with Crippen molar-refractivity contribution in [1.29, 1.82) is 0 Å². The standard InChI is InChI=1S/C12H24N2O4S/c1-12(2,13-3)11(15)14(6-7-18-4)10-5-8-19(16,17)9-10/h10,13H,5-9H2,1-4H3. The molecule has 1 N–H and O–H groups in total. The van der Waals surface area contributed by atoms with Gasteiger partial charge in [0.1, 0.15) is 0 Å². The molecule has 1 unspecified atom stereocenters. The number of hydrogen-bond acceptors (Lipinski definition) is 5. The molecule has 1 amide bonds. The van der Waals surface area contributed by atoms with Crippen LogP contribution in [0.3, 0.4) is 0 Å². The molecule has 7 heteroatoms. The number of methoxy groups -OCH3 is 1. The van der Waals surface area contributed by atoms with E-state index >= 15 is 0 Å². The van der Waals surface area contributed by atoms with E-state index in [-0.39, 0.29) is 23.5 Å². The molecule has 112 valence electrons. The fraction of sp³-hybridized carbons (Fsp3) is 0.917. The van der Waals surface area contributed by atoms with E-state index in [1.54, 1.807) is 32.9 Å². The lowest BCUT2D eigenvalue weighted by molar-refractivity contribution is -0.139. The molecule has 0 aliphatic carbocycles. The Balaban J connectivity index is 2.86. The van der Waals surface area contributed by atoms with Gasteiger partial charge in [-0.1, -0.05) is 0 Å². The van der Waals surface area contributed by atoms with E-state index in [2.05, 4.69) is 5.32 Å². The minimum Gasteiger partial charge on any atom is -0.383 e. The number of rotatable bonds is 6. The van der Waals surface area contributed by atoms with E-state index in [1.165, 1.54) is 0 Å². The monoisotopic (exact) mass is 292 g/mol. The molecule has 0 spiro atoms. The smallest absolute Gasteiger partial charge is 0.242 e. The molecular weight excluding hydrogens is 268 g/mol. The Morgan fingerprint density at radius 1 is 1.47 bits per heavy atom. The maximum atomic E-state index is 12.5. The van der Waals surface area contributed by atoms with Crippen LogP contribution in [0.2, 0.25) is 0 Å². The summed E-state index contributed by atoms with van der Waals surface area (Å²) in [4.78, 5) is 14.2. The zero-order valence-corrected chi connectivity index (χ0v) is 12.9. The minimum absolute atomic E-state index is 0.0578. The first-order chi connectivity index (χ1) is 8.73. The Bertz CT molecular complexity index is 419. The fourth-order valence-electron chi connectivity index (χ4n) is 2.13. The lowest BCUT2D eigenvalue weighted by atomic mass is 10.0. The van der Waals surface area contributed by atoms with Crippen LogP contribution in [0.15, 0.2) is 0 Å². The summed E-state index contributed by atoms with van der Waals surface area (Å²) in [5.41, 5.74) is -0.708. The Kier molecular flexibility index (Phi) is 5.34. The van der Waals surface area contributed by atoms with Crippen molar-refractivity contribution in [3.8, 4) is 0 Å². The third kappa shape index (κ3) is 4.15. The van der Waals surface area contributed by atoms with Crippen LogP contribution in [0.5, 0.6) is 0 Å². The number of sulfone groups is 1.